The van der Waals surface area contributed by atoms with Crippen molar-refractivity contribution in [2.75, 3.05) is 20.8 Å². The van der Waals surface area contributed by atoms with Crippen molar-refractivity contribution in [1.82, 2.24) is 5.32 Å². The predicted molar refractivity (Wildman–Crippen MR) is 86.9 cm³/mol. The first-order chi connectivity index (χ1) is 10.3. The van der Waals surface area contributed by atoms with E-state index in [1.807, 2.05) is 20.2 Å². The molecule has 0 bridgehead atoms. The van der Waals surface area contributed by atoms with Crippen LogP contribution in [0.2, 0.25) is 0 Å². The molecule has 0 heterocycles. The van der Waals surface area contributed by atoms with Crippen molar-refractivity contribution in [2.45, 2.75) is 57.1 Å². The summed E-state index contributed by atoms with van der Waals surface area (Å²) in [6.45, 7) is 2.89. The van der Waals surface area contributed by atoms with Crippen LogP contribution in [-0.4, -0.2) is 26.4 Å². The molecule has 0 saturated heterocycles. The molecule has 1 saturated carbocycles. The maximum Gasteiger partial charge on any atom is 0.124 e. The standard InChI is InChI=1S/C18H29NO2/c1-4-14-21-16-11-7-6-10-15(16)17(19-2)18(20-3)12-8-5-9-13-18/h6-7,10-11,17,19H,4-5,8-9,12-14H2,1-3H3. The zero-order valence-electron chi connectivity index (χ0n) is 13.7. The molecule has 1 unspecified atom stereocenters. The third-order valence-electron chi connectivity index (χ3n) is 4.61. The fraction of sp³-hybridized carbons (Fsp3) is 0.667. The van der Waals surface area contributed by atoms with Gasteiger partial charge >= 0.3 is 0 Å². The molecule has 0 spiro atoms. The minimum absolute atomic E-state index is 0.112. The van der Waals surface area contributed by atoms with Gasteiger partial charge in [0.1, 0.15) is 5.75 Å². The number of ether oxygens (including phenoxy) is 2. The Bertz CT molecular complexity index is 427. The first-order valence-electron chi connectivity index (χ1n) is 8.21. The molecule has 1 fully saturated rings. The van der Waals surface area contributed by atoms with Crippen molar-refractivity contribution in [3.8, 4) is 5.75 Å². The number of benzene rings is 1. The molecule has 0 amide bonds. The third kappa shape index (κ3) is 3.58. The largest absolute Gasteiger partial charge is 0.493 e. The van der Waals surface area contributed by atoms with E-state index >= 15 is 0 Å². The quantitative estimate of drug-likeness (QED) is 0.821. The SMILES string of the molecule is CCCOc1ccccc1C(NC)C1(OC)CCCCC1. The topological polar surface area (TPSA) is 30.5 Å². The molecule has 1 atom stereocenters. The molecule has 1 aromatic carbocycles. The summed E-state index contributed by atoms with van der Waals surface area (Å²) < 4.78 is 12.0. The van der Waals surface area contributed by atoms with Gasteiger partial charge < -0.3 is 14.8 Å². The average Bonchev–Trinajstić information content (AvgIpc) is 2.55. The lowest BCUT2D eigenvalue weighted by Gasteiger charge is -2.43. The van der Waals surface area contributed by atoms with Gasteiger partial charge in [0, 0.05) is 12.7 Å². The van der Waals surface area contributed by atoms with E-state index in [1.165, 1.54) is 24.8 Å². The molecule has 3 heteroatoms. The Labute approximate surface area is 129 Å². The van der Waals surface area contributed by atoms with Crippen molar-refractivity contribution >= 4 is 0 Å². The number of rotatable bonds is 7. The van der Waals surface area contributed by atoms with Crippen LogP contribution < -0.4 is 10.1 Å². The molecule has 1 aliphatic rings. The van der Waals surface area contributed by atoms with Gasteiger partial charge in [-0.25, -0.2) is 0 Å². The maximum absolute atomic E-state index is 6.03. The van der Waals surface area contributed by atoms with Gasteiger partial charge in [-0.15, -0.1) is 0 Å². The summed E-state index contributed by atoms with van der Waals surface area (Å²) in [5.74, 6) is 0.987. The van der Waals surface area contributed by atoms with Gasteiger partial charge in [-0.05, 0) is 32.4 Å². The second-order valence-corrected chi connectivity index (χ2v) is 5.94. The molecular formula is C18H29NO2. The number of methoxy groups -OCH3 is 1. The van der Waals surface area contributed by atoms with Gasteiger partial charge in [0.15, 0.2) is 0 Å². The van der Waals surface area contributed by atoms with E-state index in [0.29, 0.717) is 0 Å². The summed E-state index contributed by atoms with van der Waals surface area (Å²) in [5, 5.41) is 3.49. The van der Waals surface area contributed by atoms with E-state index in [9.17, 15) is 0 Å². The molecule has 0 aromatic heterocycles. The second-order valence-electron chi connectivity index (χ2n) is 5.94. The normalized spacial score (nSPS) is 19.2. The molecule has 118 valence electrons. The number of nitrogens with one attached hydrogen (secondary N) is 1. The van der Waals surface area contributed by atoms with Crippen LogP contribution in [0.1, 0.15) is 57.1 Å². The van der Waals surface area contributed by atoms with Crippen LogP contribution in [0.25, 0.3) is 0 Å². The lowest BCUT2D eigenvalue weighted by molar-refractivity contribution is -0.0676. The van der Waals surface area contributed by atoms with Crippen molar-refractivity contribution in [2.24, 2.45) is 0 Å². The first kappa shape index (κ1) is 16.3. The van der Waals surface area contributed by atoms with Gasteiger partial charge in [0.2, 0.25) is 0 Å². The molecule has 1 N–H and O–H groups in total. The van der Waals surface area contributed by atoms with E-state index in [-0.39, 0.29) is 11.6 Å². The Morgan fingerprint density at radius 1 is 1.19 bits per heavy atom. The van der Waals surface area contributed by atoms with Crippen LogP contribution in [0.3, 0.4) is 0 Å². The molecule has 1 aromatic rings. The lowest BCUT2D eigenvalue weighted by atomic mass is 9.76. The fourth-order valence-corrected chi connectivity index (χ4v) is 3.53. The fourth-order valence-electron chi connectivity index (χ4n) is 3.53. The van der Waals surface area contributed by atoms with Gasteiger partial charge in [-0.2, -0.15) is 0 Å². The van der Waals surface area contributed by atoms with Crippen LogP contribution in [-0.2, 0) is 4.74 Å². The zero-order valence-corrected chi connectivity index (χ0v) is 13.7. The lowest BCUT2D eigenvalue weighted by Crippen LogP contribution is -2.46. The van der Waals surface area contributed by atoms with Crippen LogP contribution in [0.4, 0.5) is 0 Å². The molecule has 3 nitrogen and oxygen atoms in total. The Balaban J connectivity index is 2.31. The van der Waals surface area contributed by atoms with Crippen molar-refractivity contribution in [3.05, 3.63) is 29.8 Å². The number of para-hydroxylation sites is 1. The maximum atomic E-state index is 6.03. The summed E-state index contributed by atoms with van der Waals surface area (Å²) >= 11 is 0. The summed E-state index contributed by atoms with van der Waals surface area (Å²) in [5.41, 5.74) is 1.11. The predicted octanol–water partition coefficient (Wildman–Crippen LogP) is 4.09. The number of likely N-dealkylation sites (N-methyl/N-ethyl adjacent to an activating group) is 1. The number of hydrogen-bond acceptors (Lipinski definition) is 3. The Hall–Kier alpha value is -1.06. The minimum Gasteiger partial charge on any atom is -0.493 e. The minimum atomic E-state index is -0.112. The first-order valence-corrected chi connectivity index (χ1v) is 8.21. The van der Waals surface area contributed by atoms with Crippen molar-refractivity contribution in [3.63, 3.8) is 0 Å². The van der Waals surface area contributed by atoms with Gasteiger partial charge in [-0.3, -0.25) is 0 Å². The van der Waals surface area contributed by atoms with Crippen LogP contribution in [0.15, 0.2) is 24.3 Å². The molecule has 0 radical (unpaired) electrons. The highest BCUT2D eigenvalue weighted by atomic mass is 16.5. The van der Waals surface area contributed by atoms with E-state index in [4.69, 9.17) is 9.47 Å². The smallest absolute Gasteiger partial charge is 0.124 e. The van der Waals surface area contributed by atoms with E-state index in [1.54, 1.807) is 0 Å². The Morgan fingerprint density at radius 3 is 2.52 bits per heavy atom. The molecule has 21 heavy (non-hydrogen) atoms. The average molecular weight is 291 g/mol. The van der Waals surface area contributed by atoms with Gasteiger partial charge in [0.05, 0.1) is 18.2 Å². The highest BCUT2D eigenvalue weighted by molar-refractivity contribution is 5.38. The van der Waals surface area contributed by atoms with E-state index in [2.05, 4.69) is 30.4 Å². The van der Waals surface area contributed by atoms with Crippen molar-refractivity contribution < 1.29 is 9.47 Å². The summed E-state index contributed by atoms with van der Waals surface area (Å²) in [6, 6.07) is 8.55. The van der Waals surface area contributed by atoms with Crippen LogP contribution in [0.5, 0.6) is 5.75 Å². The van der Waals surface area contributed by atoms with Crippen LogP contribution >= 0.6 is 0 Å². The monoisotopic (exact) mass is 291 g/mol. The van der Waals surface area contributed by atoms with Gasteiger partial charge in [-0.1, -0.05) is 44.4 Å². The third-order valence-corrected chi connectivity index (χ3v) is 4.61. The Kier molecular flexibility index (Phi) is 6.07. The van der Waals surface area contributed by atoms with E-state index < -0.39 is 0 Å². The van der Waals surface area contributed by atoms with Crippen molar-refractivity contribution in [1.29, 1.82) is 0 Å². The highest BCUT2D eigenvalue weighted by Crippen LogP contribution is 2.43. The molecule has 1 aliphatic carbocycles. The molecular weight excluding hydrogens is 262 g/mol. The van der Waals surface area contributed by atoms with Gasteiger partial charge in [0.25, 0.3) is 0 Å². The summed E-state index contributed by atoms with van der Waals surface area (Å²) in [6.07, 6.45) is 7.03. The Morgan fingerprint density at radius 2 is 1.90 bits per heavy atom. The summed E-state index contributed by atoms with van der Waals surface area (Å²) in [4.78, 5) is 0. The van der Waals surface area contributed by atoms with E-state index in [0.717, 1.165) is 31.6 Å². The second kappa shape index (κ2) is 7.81. The summed E-state index contributed by atoms with van der Waals surface area (Å²) in [7, 11) is 3.88. The zero-order chi connectivity index (χ0) is 15.1. The number of hydrogen-bond donors (Lipinski definition) is 1. The molecule has 2 rings (SSSR count). The highest BCUT2D eigenvalue weighted by Gasteiger charge is 2.41. The molecule has 0 aliphatic heterocycles. The van der Waals surface area contributed by atoms with Crippen LogP contribution in [0, 0.1) is 0 Å².